The number of carbonyl (C=O) groups is 3. The summed E-state index contributed by atoms with van der Waals surface area (Å²) in [5.41, 5.74) is 0. The van der Waals surface area contributed by atoms with E-state index in [9.17, 15) is 14.4 Å². The number of allylic oxidation sites excluding steroid dienone is 30. The normalized spacial score (nSPS) is 13.4. The third kappa shape index (κ3) is 65.2. The second-order valence-electron chi connectivity index (χ2n) is 20.5. The minimum atomic E-state index is -0.829. The van der Waals surface area contributed by atoms with E-state index in [0.29, 0.717) is 19.3 Å². The van der Waals surface area contributed by atoms with E-state index in [1.807, 2.05) is 0 Å². The van der Waals surface area contributed by atoms with Crippen molar-refractivity contribution in [1.82, 2.24) is 0 Å². The molecule has 0 heterocycles. The molecule has 0 aliphatic rings. The highest BCUT2D eigenvalue weighted by atomic mass is 16.6. The number of hydrogen-bond acceptors (Lipinski definition) is 6. The lowest BCUT2D eigenvalue weighted by molar-refractivity contribution is -0.167. The fourth-order valence-corrected chi connectivity index (χ4v) is 8.18. The molecule has 0 bridgehead atoms. The van der Waals surface area contributed by atoms with E-state index in [4.69, 9.17) is 14.2 Å². The van der Waals surface area contributed by atoms with Gasteiger partial charge in [0.25, 0.3) is 0 Å². The molecule has 0 saturated carbocycles. The van der Waals surface area contributed by atoms with Crippen molar-refractivity contribution in [3.8, 4) is 0 Å². The lowest BCUT2D eigenvalue weighted by Gasteiger charge is -2.18. The molecule has 0 fully saturated rings. The zero-order chi connectivity index (χ0) is 58.5. The minimum absolute atomic E-state index is 0.118. The van der Waals surface area contributed by atoms with Crippen LogP contribution in [-0.4, -0.2) is 37.2 Å². The molecule has 1 atom stereocenters. The van der Waals surface area contributed by atoms with E-state index >= 15 is 0 Å². The molecule has 0 aromatic heterocycles. The highest BCUT2D eigenvalue weighted by Gasteiger charge is 2.19. The number of ether oxygens (including phenoxy) is 3. The van der Waals surface area contributed by atoms with Crippen LogP contribution in [0.15, 0.2) is 182 Å². The van der Waals surface area contributed by atoms with Gasteiger partial charge >= 0.3 is 17.9 Å². The Hall–Kier alpha value is -5.49. The average molecular weight is 1110 g/mol. The Labute approximate surface area is 497 Å². The molecule has 1 unspecified atom stereocenters. The molecule has 0 radical (unpaired) electrons. The van der Waals surface area contributed by atoms with Crippen molar-refractivity contribution in [3.63, 3.8) is 0 Å². The van der Waals surface area contributed by atoms with Crippen molar-refractivity contribution in [1.29, 1.82) is 0 Å². The lowest BCUT2D eigenvalue weighted by atomic mass is 10.1. The van der Waals surface area contributed by atoms with Crippen molar-refractivity contribution in [2.75, 3.05) is 13.2 Å². The number of esters is 3. The van der Waals surface area contributed by atoms with E-state index in [0.717, 1.165) is 167 Å². The minimum Gasteiger partial charge on any atom is -0.462 e. The molecule has 0 N–H and O–H groups in total. The van der Waals surface area contributed by atoms with Crippen LogP contribution in [0.4, 0.5) is 0 Å². The van der Waals surface area contributed by atoms with Crippen molar-refractivity contribution >= 4 is 17.9 Å². The Kier molecular flexibility index (Phi) is 62.5. The summed E-state index contributed by atoms with van der Waals surface area (Å²) in [7, 11) is 0. The Balaban J connectivity index is 4.41. The van der Waals surface area contributed by atoms with E-state index in [2.05, 4.69) is 203 Å². The van der Waals surface area contributed by atoms with Crippen LogP contribution < -0.4 is 0 Å². The first-order valence-corrected chi connectivity index (χ1v) is 32.3. The van der Waals surface area contributed by atoms with Crippen LogP contribution in [0.25, 0.3) is 0 Å². The summed E-state index contributed by atoms with van der Waals surface area (Å²) in [6, 6.07) is 0. The van der Waals surface area contributed by atoms with Crippen LogP contribution in [0.3, 0.4) is 0 Å². The van der Waals surface area contributed by atoms with Gasteiger partial charge in [-0.2, -0.15) is 0 Å². The van der Waals surface area contributed by atoms with Gasteiger partial charge in [0.2, 0.25) is 0 Å². The van der Waals surface area contributed by atoms with Crippen molar-refractivity contribution in [2.45, 2.75) is 258 Å². The summed E-state index contributed by atoms with van der Waals surface area (Å²) in [4.78, 5) is 38.3. The van der Waals surface area contributed by atoms with Crippen LogP contribution >= 0.6 is 0 Å². The molecule has 6 heteroatoms. The standard InChI is InChI=1S/C75H116O6/c1-4-7-10-13-16-19-22-25-28-30-31-32-33-34-35-36-37-38-39-40-41-42-43-45-47-50-53-56-59-62-65-68-74(77)80-71-72(70-79-73(76)67-64-61-58-55-52-49-46-27-24-21-18-15-12-9-6-3)81-75(78)69-66-63-60-57-54-51-48-44-29-26-23-20-17-14-11-8-5-2/h7-12,16-21,25-29,31-32,34-35,37-38,40-41,46,48,51,57,60,72H,4-6,13-15,22-24,30,33,36,39,42-45,47,49-50,52-56,58-59,61-71H2,1-3H3/b10-7-,11-8-,12-9-,19-16-,20-17-,21-18-,28-25-,29-26-,32-31-,35-34-,38-37-,41-40-,46-27-,51-48-,60-57-. The summed E-state index contributed by atoms with van der Waals surface area (Å²) in [5.74, 6) is -1.01. The maximum atomic E-state index is 12.9. The van der Waals surface area contributed by atoms with Crippen LogP contribution in [0.1, 0.15) is 252 Å². The van der Waals surface area contributed by atoms with Gasteiger partial charge in [-0.15, -0.1) is 0 Å². The van der Waals surface area contributed by atoms with E-state index < -0.39 is 6.10 Å². The molecular weight excluding hydrogens is 997 g/mol. The predicted molar refractivity (Wildman–Crippen MR) is 352 cm³/mol. The average Bonchev–Trinajstić information content (AvgIpc) is 3.47. The first-order valence-electron chi connectivity index (χ1n) is 32.3. The molecule has 81 heavy (non-hydrogen) atoms. The van der Waals surface area contributed by atoms with Gasteiger partial charge in [0.05, 0.1) is 0 Å². The molecule has 0 aliphatic carbocycles. The third-order valence-electron chi connectivity index (χ3n) is 12.9. The smallest absolute Gasteiger partial charge is 0.306 e. The summed E-state index contributed by atoms with van der Waals surface area (Å²) in [5, 5.41) is 0. The highest BCUT2D eigenvalue weighted by molar-refractivity contribution is 5.71. The molecule has 0 aliphatic heterocycles. The van der Waals surface area contributed by atoms with Gasteiger partial charge in [0, 0.05) is 19.3 Å². The van der Waals surface area contributed by atoms with Gasteiger partial charge in [0.1, 0.15) is 13.2 Å². The van der Waals surface area contributed by atoms with Crippen LogP contribution in [0, 0.1) is 0 Å². The topological polar surface area (TPSA) is 78.9 Å². The largest absolute Gasteiger partial charge is 0.462 e. The molecule has 0 aromatic carbocycles. The van der Waals surface area contributed by atoms with E-state index in [-0.39, 0.29) is 37.5 Å². The molecule has 0 aromatic rings. The first kappa shape index (κ1) is 75.5. The Morgan fingerprint density at radius 1 is 0.247 bits per heavy atom. The van der Waals surface area contributed by atoms with Gasteiger partial charge in [-0.1, -0.05) is 267 Å². The number of hydrogen-bond donors (Lipinski definition) is 0. The predicted octanol–water partition coefficient (Wildman–Crippen LogP) is 22.4. The monoisotopic (exact) mass is 1110 g/mol. The summed E-state index contributed by atoms with van der Waals surface area (Å²) in [6.07, 6.45) is 100. The Morgan fingerprint density at radius 2 is 0.457 bits per heavy atom. The number of carbonyl (C=O) groups excluding carboxylic acids is 3. The fourth-order valence-electron chi connectivity index (χ4n) is 8.18. The van der Waals surface area contributed by atoms with Crippen LogP contribution in [0.2, 0.25) is 0 Å². The molecule has 0 amide bonds. The van der Waals surface area contributed by atoms with E-state index in [1.54, 1.807) is 0 Å². The van der Waals surface area contributed by atoms with Crippen molar-refractivity contribution in [2.24, 2.45) is 0 Å². The zero-order valence-electron chi connectivity index (χ0n) is 51.7. The van der Waals surface area contributed by atoms with Crippen LogP contribution in [-0.2, 0) is 28.6 Å². The van der Waals surface area contributed by atoms with Gasteiger partial charge in [-0.25, -0.2) is 0 Å². The van der Waals surface area contributed by atoms with E-state index in [1.165, 1.54) is 38.5 Å². The molecule has 0 spiro atoms. The van der Waals surface area contributed by atoms with Crippen molar-refractivity contribution < 1.29 is 28.6 Å². The van der Waals surface area contributed by atoms with Crippen molar-refractivity contribution in [3.05, 3.63) is 182 Å². The molecule has 452 valence electrons. The SMILES string of the molecule is CC/C=C\C/C=C\C/C=C\C/C=C\C/C=C\C/C=C\C/C=C\CCCCCCCCCCCC(=O)OCC(COC(=O)CCCCCCC/C=C\C/C=C\C/C=C\CC)OC(=O)CCC/C=C\C/C=C\C/C=C\C/C=C\C/C=C\CC. The summed E-state index contributed by atoms with van der Waals surface area (Å²) >= 11 is 0. The van der Waals surface area contributed by atoms with Crippen LogP contribution in [0.5, 0.6) is 0 Å². The second kappa shape index (κ2) is 67.0. The van der Waals surface area contributed by atoms with Gasteiger partial charge in [0.15, 0.2) is 6.10 Å². The molecular formula is C75H116O6. The summed E-state index contributed by atoms with van der Waals surface area (Å²) < 4.78 is 16.8. The Bertz CT molecular complexity index is 1900. The van der Waals surface area contributed by atoms with Gasteiger partial charge < -0.3 is 14.2 Å². The maximum absolute atomic E-state index is 12.9. The zero-order valence-corrected chi connectivity index (χ0v) is 51.7. The lowest BCUT2D eigenvalue weighted by Crippen LogP contribution is -2.30. The van der Waals surface area contributed by atoms with Gasteiger partial charge in [-0.3, -0.25) is 14.4 Å². The van der Waals surface area contributed by atoms with Gasteiger partial charge in [-0.05, 0) is 148 Å². The Morgan fingerprint density at radius 3 is 0.728 bits per heavy atom. The molecule has 0 saturated heterocycles. The maximum Gasteiger partial charge on any atom is 0.306 e. The second-order valence-corrected chi connectivity index (χ2v) is 20.5. The first-order chi connectivity index (χ1) is 40.0. The molecule has 0 rings (SSSR count). The highest BCUT2D eigenvalue weighted by Crippen LogP contribution is 2.14. The molecule has 6 nitrogen and oxygen atoms in total. The summed E-state index contributed by atoms with van der Waals surface area (Å²) in [6.45, 7) is 6.22. The number of rotatable bonds is 56. The number of unbranched alkanes of at least 4 members (excludes halogenated alkanes) is 15. The third-order valence-corrected chi connectivity index (χ3v) is 12.9. The fraction of sp³-hybridized carbons (Fsp3) is 0.560. The quantitative estimate of drug-likeness (QED) is 0.0261.